The van der Waals surface area contributed by atoms with Crippen LogP contribution in [0.5, 0.6) is 0 Å². The highest BCUT2D eigenvalue weighted by Gasteiger charge is 2.15. The largest absolute Gasteiger partial charge is 0.321 e. The summed E-state index contributed by atoms with van der Waals surface area (Å²) in [4.78, 5) is 17.0. The molecule has 7 heteroatoms. The lowest BCUT2D eigenvalue weighted by atomic mass is 10.1. The number of benzene rings is 2. The molecule has 2 aromatic carbocycles. The first-order chi connectivity index (χ1) is 11.4. The minimum atomic E-state index is -0.191. The molecule has 4 N–H and O–H groups in total. The standard InChI is InChI=1S/C17H17ClN4OS/c1-8-4-5-11(7-12(8)18)16(23)21-14-9(2)6-13-15(10(14)3)24-17(20-13)22-19/h4-7H,19H2,1-3H3,(H,20,22)(H,21,23). The molecule has 1 aromatic heterocycles. The van der Waals surface area contributed by atoms with Crippen LogP contribution in [0.15, 0.2) is 24.3 Å². The van der Waals surface area contributed by atoms with Crippen molar-refractivity contribution >= 4 is 49.9 Å². The van der Waals surface area contributed by atoms with Crippen LogP contribution in [-0.2, 0) is 0 Å². The van der Waals surface area contributed by atoms with Crippen molar-refractivity contribution in [2.24, 2.45) is 5.84 Å². The molecule has 0 radical (unpaired) electrons. The summed E-state index contributed by atoms with van der Waals surface area (Å²) >= 11 is 7.57. The molecule has 0 saturated carbocycles. The van der Waals surface area contributed by atoms with E-state index in [-0.39, 0.29) is 5.91 Å². The minimum absolute atomic E-state index is 0.191. The van der Waals surface area contributed by atoms with Crippen LogP contribution in [-0.4, -0.2) is 10.9 Å². The van der Waals surface area contributed by atoms with Crippen molar-refractivity contribution in [3.8, 4) is 0 Å². The molecule has 124 valence electrons. The molecule has 0 fully saturated rings. The summed E-state index contributed by atoms with van der Waals surface area (Å²) in [6.45, 7) is 5.81. The maximum absolute atomic E-state index is 12.6. The fourth-order valence-electron chi connectivity index (χ4n) is 2.56. The zero-order valence-corrected chi connectivity index (χ0v) is 15.1. The highest BCUT2D eigenvalue weighted by atomic mass is 35.5. The van der Waals surface area contributed by atoms with Gasteiger partial charge in [0.1, 0.15) is 0 Å². The number of nitrogens with zero attached hydrogens (tertiary/aromatic N) is 1. The Labute approximate surface area is 148 Å². The lowest BCUT2D eigenvalue weighted by Crippen LogP contribution is -2.14. The van der Waals surface area contributed by atoms with Gasteiger partial charge in [0, 0.05) is 16.3 Å². The fourth-order valence-corrected chi connectivity index (χ4v) is 3.60. The SMILES string of the molecule is Cc1ccc(C(=O)Nc2c(C)cc3nc(NN)sc3c2C)cc1Cl. The third-order valence-electron chi connectivity index (χ3n) is 3.91. The van der Waals surface area contributed by atoms with Gasteiger partial charge in [0.05, 0.1) is 10.2 Å². The van der Waals surface area contributed by atoms with E-state index in [0.29, 0.717) is 15.7 Å². The van der Waals surface area contributed by atoms with E-state index < -0.39 is 0 Å². The van der Waals surface area contributed by atoms with Gasteiger partial charge < -0.3 is 5.32 Å². The third-order valence-corrected chi connectivity index (χ3v) is 5.44. The van der Waals surface area contributed by atoms with Crippen LogP contribution in [0.4, 0.5) is 10.8 Å². The van der Waals surface area contributed by atoms with E-state index in [1.54, 1.807) is 12.1 Å². The number of aromatic nitrogens is 1. The lowest BCUT2D eigenvalue weighted by molar-refractivity contribution is 0.102. The Kier molecular flexibility index (Phi) is 4.45. The number of thiazole rings is 1. The zero-order chi connectivity index (χ0) is 17.4. The van der Waals surface area contributed by atoms with E-state index in [1.807, 2.05) is 32.9 Å². The van der Waals surface area contributed by atoms with Crippen molar-refractivity contribution in [2.75, 3.05) is 10.7 Å². The number of carbonyl (C=O) groups is 1. The number of aryl methyl sites for hydroxylation is 3. The molecule has 1 heterocycles. The number of nitrogens with one attached hydrogen (secondary N) is 2. The number of hydrogen-bond donors (Lipinski definition) is 3. The molecular formula is C17H17ClN4OS. The first kappa shape index (κ1) is 16.7. The number of nitrogen functional groups attached to an aromatic ring is 1. The highest BCUT2D eigenvalue weighted by molar-refractivity contribution is 7.22. The van der Waals surface area contributed by atoms with E-state index in [0.717, 1.165) is 32.6 Å². The molecule has 0 aliphatic rings. The Hall–Kier alpha value is -2.15. The Morgan fingerprint density at radius 3 is 2.62 bits per heavy atom. The molecule has 24 heavy (non-hydrogen) atoms. The number of fused-ring (bicyclic) bond motifs is 1. The summed E-state index contributed by atoms with van der Waals surface area (Å²) in [5.74, 6) is 5.25. The predicted octanol–water partition coefficient (Wildman–Crippen LogP) is 4.41. The normalized spacial score (nSPS) is 10.9. The molecule has 0 aliphatic carbocycles. The van der Waals surface area contributed by atoms with Crippen LogP contribution in [0.1, 0.15) is 27.0 Å². The van der Waals surface area contributed by atoms with Crippen LogP contribution in [0.3, 0.4) is 0 Å². The van der Waals surface area contributed by atoms with Gasteiger partial charge in [-0.3, -0.25) is 10.2 Å². The molecule has 1 amide bonds. The van der Waals surface area contributed by atoms with Crippen LogP contribution in [0.25, 0.3) is 10.2 Å². The van der Waals surface area contributed by atoms with Gasteiger partial charge in [0.15, 0.2) is 5.13 Å². The van der Waals surface area contributed by atoms with Gasteiger partial charge in [-0.1, -0.05) is 29.0 Å². The highest BCUT2D eigenvalue weighted by Crippen LogP contribution is 2.35. The third kappa shape index (κ3) is 2.96. The molecular weight excluding hydrogens is 344 g/mol. The quantitative estimate of drug-likeness (QED) is 0.477. The van der Waals surface area contributed by atoms with Crippen LogP contribution < -0.4 is 16.6 Å². The van der Waals surface area contributed by atoms with Crippen molar-refractivity contribution in [2.45, 2.75) is 20.8 Å². The van der Waals surface area contributed by atoms with E-state index >= 15 is 0 Å². The second-order valence-corrected chi connectivity index (χ2v) is 7.03. The van der Waals surface area contributed by atoms with Crippen molar-refractivity contribution < 1.29 is 4.79 Å². The van der Waals surface area contributed by atoms with E-state index in [1.165, 1.54) is 11.3 Å². The molecule has 0 spiro atoms. The van der Waals surface area contributed by atoms with Gasteiger partial charge >= 0.3 is 0 Å². The number of anilines is 2. The average Bonchev–Trinajstić information content (AvgIpc) is 2.97. The molecule has 0 unspecified atom stereocenters. The Morgan fingerprint density at radius 2 is 1.96 bits per heavy atom. The molecule has 3 rings (SSSR count). The number of nitrogens with two attached hydrogens (primary N) is 1. The summed E-state index contributed by atoms with van der Waals surface area (Å²) in [6, 6.07) is 7.22. The van der Waals surface area contributed by atoms with Crippen molar-refractivity contribution in [1.29, 1.82) is 0 Å². The fraction of sp³-hybridized carbons (Fsp3) is 0.176. The number of amides is 1. The zero-order valence-electron chi connectivity index (χ0n) is 13.5. The number of rotatable bonds is 3. The summed E-state index contributed by atoms with van der Waals surface area (Å²) in [5.41, 5.74) is 7.59. The minimum Gasteiger partial charge on any atom is -0.321 e. The van der Waals surface area contributed by atoms with Crippen molar-refractivity contribution in [1.82, 2.24) is 4.98 Å². The van der Waals surface area contributed by atoms with E-state index in [9.17, 15) is 4.79 Å². The summed E-state index contributed by atoms with van der Waals surface area (Å²) < 4.78 is 0.991. The van der Waals surface area contributed by atoms with E-state index in [2.05, 4.69) is 15.7 Å². The van der Waals surface area contributed by atoms with Gasteiger partial charge in [-0.15, -0.1) is 0 Å². The monoisotopic (exact) mass is 360 g/mol. The predicted molar refractivity (Wildman–Crippen MR) is 101 cm³/mol. The lowest BCUT2D eigenvalue weighted by Gasteiger charge is -2.13. The topological polar surface area (TPSA) is 80.0 Å². The maximum Gasteiger partial charge on any atom is 0.255 e. The van der Waals surface area contributed by atoms with Gasteiger partial charge in [-0.05, 0) is 55.7 Å². The van der Waals surface area contributed by atoms with Gasteiger partial charge in [-0.2, -0.15) is 0 Å². The van der Waals surface area contributed by atoms with Gasteiger partial charge in [0.25, 0.3) is 5.91 Å². The summed E-state index contributed by atoms with van der Waals surface area (Å²) in [6.07, 6.45) is 0. The van der Waals surface area contributed by atoms with Crippen LogP contribution >= 0.6 is 22.9 Å². The first-order valence-electron chi connectivity index (χ1n) is 7.35. The second-order valence-electron chi connectivity index (χ2n) is 5.62. The van der Waals surface area contributed by atoms with Gasteiger partial charge in [0.2, 0.25) is 0 Å². The van der Waals surface area contributed by atoms with Gasteiger partial charge in [-0.25, -0.2) is 10.8 Å². The second kappa shape index (κ2) is 6.39. The average molecular weight is 361 g/mol. The number of halogens is 1. The summed E-state index contributed by atoms with van der Waals surface area (Å²) in [7, 11) is 0. The molecule has 0 saturated heterocycles. The van der Waals surface area contributed by atoms with Crippen molar-refractivity contribution in [3.63, 3.8) is 0 Å². The first-order valence-corrected chi connectivity index (χ1v) is 8.55. The maximum atomic E-state index is 12.6. The molecule has 3 aromatic rings. The molecule has 0 atom stereocenters. The Bertz CT molecular complexity index is 951. The number of hydrazine groups is 1. The molecule has 0 aliphatic heterocycles. The van der Waals surface area contributed by atoms with E-state index in [4.69, 9.17) is 17.4 Å². The summed E-state index contributed by atoms with van der Waals surface area (Å²) in [5, 5.41) is 4.21. The van der Waals surface area contributed by atoms with Crippen molar-refractivity contribution in [3.05, 3.63) is 51.5 Å². The number of carbonyl (C=O) groups excluding carboxylic acids is 1. The Morgan fingerprint density at radius 1 is 1.21 bits per heavy atom. The van der Waals surface area contributed by atoms with Crippen LogP contribution in [0, 0.1) is 20.8 Å². The molecule has 0 bridgehead atoms. The Balaban J connectivity index is 1.99. The van der Waals surface area contributed by atoms with Crippen LogP contribution in [0.2, 0.25) is 5.02 Å². The smallest absolute Gasteiger partial charge is 0.255 e. The number of hydrogen-bond acceptors (Lipinski definition) is 5. The molecule has 5 nitrogen and oxygen atoms in total.